The number of nitrogens with zero attached hydrogens (tertiary/aromatic N) is 2. The van der Waals surface area contributed by atoms with Crippen molar-refractivity contribution in [2.24, 2.45) is 0 Å². The van der Waals surface area contributed by atoms with Gasteiger partial charge in [0.2, 0.25) is 0 Å². The lowest BCUT2D eigenvalue weighted by Crippen LogP contribution is -2.04. The fourth-order valence-electron chi connectivity index (χ4n) is 2.09. The second kappa shape index (κ2) is 6.97. The maximum atomic E-state index is 11.3. The molecule has 0 atom stereocenters. The van der Waals surface area contributed by atoms with Crippen LogP contribution in [0.25, 0.3) is 0 Å². The van der Waals surface area contributed by atoms with Crippen LogP contribution in [0.5, 0.6) is 0 Å². The summed E-state index contributed by atoms with van der Waals surface area (Å²) in [6.45, 7) is 0. The number of halogens is 1. The number of carboxylic acid groups (broad SMARTS) is 1. The summed E-state index contributed by atoms with van der Waals surface area (Å²) in [4.78, 5) is 19.5. The zero-order valence-electron chi connectivity index (χ0n) is 12.4. The van der Waals surface area contributed by atoms with Gasteiger partial charge in [0.1, 0.15) is 18.0 Å². The van der Waals surface area contributed by atoms with Gasteiger partial charge < -0.3 is 15.7 Å². The highest BCUT2D eigenvalue weighted by Gasteiger charge is 2.09. The van der Waals surface area contributed by atoms with E-state index in [9.17, 15) is 9.90 Å². The Hall–Kier alpha value is -3.12. The third kappa shape index (κ3) is 3.80. The standard InChI is InChI=1S/C17H13ClN4O2/c18-11-5-7-12(8-6-11)21-15-9-16(20-10-19-15)22-14-4-2-1-3-13(14)17(23)24/h1-10H,(H,23,24)(H2,19,20,21,22). The van der Waals surface area contributed by atoms with E-state index in [1.807, 2.05) is 12.1 Å². The molecule has 24 heavy (non-hydrogen) atoms. The van der Waals surface area contributed by atoms with Crippen molar-refractivity contribution >= 4 is 40.6 Å². The van der Waals surface area contributed by atoms with Gasteiger partial charge in [-0.25, -0.2) is 14.8 Å². The second-order valence-corrected chi connectivity index (χ2v) is 5.33. The van der Waals surface area contributed by atoms with Crippen molar-refractivity contribution in [2.75, 3.05) is 10.6 Å². The summed E-state index contributed by atoms with van der Waals surface area (Å²) in [5.74, 6) is 0.0458. The number of anilines is 4. The van der Waals surface area contributed by atoms with E-state index in [1.165, 1.54) is 12.4 Å². The summed E-state index contributed by atoms with van der Waals surface area (Å²) in [6, 6.07) is 15.5. The highest BCUT2D eigenvalue weighted by Crippen LogP contribution is 2.22. The maximum absolute atomic E-state index is 11.3. The van der Waals surface area contributed by atoms with Gasteiger partial charge in [0, 0.05) is 16.8 Å². The maximum Gasteiger partial charge on any atom is 0.337 e. The summed E-state index contributed by atoms with van der Waals surface area (Å²) in [5, 5.41) is 16.0. The Morgan fingerprint density at radius 2 is 1.62 bits per heavy atom. The average Bonchev–Trinajstić information content (AvgIpc) is 2.58. The van der Waals surface area contributed by atoms with Crippen LogP contribution >= 0.6 is 11.6 Å². The number of para-hydroxylation sites is 1. The van der Waals surface area contributed by atoms with Crippen LogP contribution in [0, 0.1) is 0 Å². The molecular formula is C17H13ClN4O2. The molecule has 3 aromatic rings. The first-order valence-corrected chi connectivity index (χ1v) is 7.43. The normalized spacial score (nSPS) is 10.2. The summed E-state index contributed by atoms with van der Waals surface area (Å²) in [6.07, 6.45) is 1.39. The van der Waals surface area contributed by atoms with Crippen LogP contribution in [0.2, 0.25) is 5.02 Å². The summed E-state index contributed by atoms with van der Waals surface area (Å²) >= 11 is 5.86. The van der Waals surface area contributed by atoms with E-state index in [1.54, 1.807) is 36.4 Å². The number of benzene rings is 2. The van der Waals surface area contributed by atoms with Gasteiger partial charge in [-0.3, -0.25) is 0 Å². The smallest absolute Gasteiger partial charge is 0.337 e. The van der Waals surface area contributed by atoms with Gasteiger partial charge in [-0.1, -0.05) is 23.7 Å². The monoisotopic (exact) mass is 340 g/mol. The van der Waals surface area contributed by atoms with E-state index < -0.39 is 5.97 Å². The Bertz CT molecular complexity index is 868. The van der Waals surface area contributed by atoms with E-state index in [0.29, 0.717) is 22.3 Å². The summed E-state index contributed by atoms with van der Waals surface area (Å²) in [5.41, 5.74) is 1.46. The van der Waals surface area contributed by atoms with E-state index >= 15 is 0 Å². The Morgan fingerprint density at radius 1 is 0.958 bits per heavy atom. The van der Waals surface area contributed by atoms with Gasteiger partial charge in [0.15, 0.2) is 0 Å². The van der Waals surface area contributed by atoms with Gasteiger partial charge in [-0.2, -0.15) is 0 Å². The van der Waals surface area contributed by atoms with E-state index in [-0.39, 0.29) is 5.56 Å². The van der Waals surface area contributed by atoms with Crippen LogP contribution in [0.4, 0.5) is 23.0 Å². The summed E-state index contributed by atoms with van der Waals surface area (Å²) in [7, 11) is 0. The molecule has 0 unspecified atom stereocenters. The lowest BCUT2D eigenvalue weighted by molar-refractivity contribution is 0.0698. The molecule has 7 heteroatoms. The molecule has 0 saturated heterocycles. The molecule has 0 fully saturated rings. The van der Waals surface area contributed by atoms with Crippen molar-refractivity contribution in [1.82, 2.24) is 9.97 Å². The minimum atomic E-state index is -1.01. The van der Waals surface area contributed by atoms with E-state index in [2.05, 4.69) is 20.6 Å². The molecule has 120 valence electrons. The number of hydrogen-bond acceptors (Lipinski definition) is 5. The van der Waals surface area contributed by atoms with Crippen molar-refractivity contribution < 1.29 is 9.90 Å². The lowest BCUT2D eigenvalue weighted by atomic mass is 10.2. The molecule has 3 N–H and O–H groups in total. The van der Waals surface area contributed by atoms with Crippen LogP contribution in [-0.2, 0) is 0 Å². The molecular weight excluding hydrogens is 328 g/mol. The van der Waals surface area contributed by atoms with E-state index in [4.69, 9.17) is 11.6 Å². The first-order chi connectivity index (χ1) is 11.6. The molecule has 1 aromatic heterocycles. The lowest BCUT2D eigenvalue weighted by Gasteiger charge is -2.10. The Balaban J connectivity index is 1.81. The number of rotatable bonds is 5. The molecule has 6 nitrogen and oxygen atoms in total. The minimum Gasteiger partial charge on any atom is -0.478 e. The topological polar surface area (TPSA) is 87.1 Å². The van der Waals surface area contributed by atoms with Crippen molar-refractivity contribution in [2.45, 2.75) is 0 Å². The SMILES string of the molecule is O=C(O)c1ccccc1Nc1cc(Nc2ccc(Cl)cc2)ncn1. The molecule has 0 aliphatic heterocycles. The van der Waals surface area contributed by atoms with E-state index in [0.717, 1.165) is 5.69 Å². The largest absolute Gasteiger partial charge is 0.478 e. The molecule has 0 aliphatic rings. The number of aromatic carboxylic acids is 1. The van der Waals surface area contributed by atoms with Crippen molar-refractivity contribution in [3.8, 4) is 0 Å². The zero-order chi connectivity index (χ0) is 16.9. The molecule has 3 rings (SSSR count). The van der Waals surface area contributed by atoms with Gasteiger partial charge >= 0.3 is 5.97 Å². The first-order valence-electron chi connectivity index (χ1n) is 7.06. The van der Waals surface area contributed by atoms with Gasteiger partial charge in [-0.15, -0.1) is 0 Å². The Morgan fingerprint density at radius 3 is 2.33 bits per heavy atom. The van der Waals surface area contributed by atoms with Crippen LogP contribution in [0.1, 0.15) is 10.4 Å². The molecule has 0 spiro atoms. The zero-order valence-corrected chi connectivity index (χ0v) is 13.2. The predicted octanol–water partition coefficient (Wildman–Crippen LogP) is 4.32. The molecule has 0 amide bonds. The van der Waals surface area contributed by atoms with Gasteiger partial charge in [0.05, 0.1) is 11.3 Å². The summed E-state index contributed by atoms with van der Waals surface area (Å²) < 4.78 is 0. The molecule has 0 aliphatic carbocycles. The Labute approximate surface area is 143 Å². The number of carbonyl (C=O) groups is 1. The van der Waals surface area contributed by atoms with Crippen molar-refractivity contribution in [3.05, 3.63) is 71.5 Å². The minimum absolute atomic E-state index is 0.170. The Kier molecular flexibility index (Phi) is 4.58. The quantitative estimate of drug-likeness (QED) is 0.641. The fraction of sp³-hybridized carbons (Fsp3) is 0. The molecule has 2 aromatic carbocycles. The molecule has 0 radical (unpaired) electrons. The van der Waals surface area contributed by atoms with Crippen LogP contribution < -0.4 is 10.6 Å². The average molecular weight is 341 g/mol. The second-order valence-electron chi connectivity index (χ2n) is 4.90. The fourth-order valence-corrected chi connectivity index (χ4v) is 2.22. The third-order valence-electron chi connectivity index (χ3n) is 3.20. The number of aromatic nitrogens is 2. The van der Waals surface area contributed by atoms with Crippen molar-refractivity contribution in [3.63, 3.8) is 0 Å². The number of nitrogens with one attached hydrogen (secondary N) is 2. The highest BCUT2D eigenvalue weighted by molar-refractivity contribution is 6.30. The first kappa shape index (κ1) is 15.8. The molecule has 0 bridgehead atoms. The van der Waals surface area contributed by atoms with Crippen molar-refractivity contribution in [1.29, 1.82) is 0 Å². The number of hydrogen-bond donors (Lipinski definition) is 3. The number of carboxylic acids is 1. The van der Waals surface area contributed by atoms with Crippen LogP contribution in [0.15, 0.2) is 60.9 Å². The van der Waals surface area contributed by atoms with Crippen LogP contribution in [-0.4, -0.2) is 21.0 Å². The van der Waals surface area contributed by atoms with Gasteiger partial charge in [0.25, 0.3) is 0 Å². The van der Waals surface area contributed by atoms with Gasteiger partial charge in [-0.05, 0) is 36.4 Å². The predicted molar refractivity (Wildman–Crippen MR) is 93.5 cm³/mol. The van der Waals surface area contributed by atoms with Crippen LogP contribution in [0.3, 0.4) is 0 Å². The molecule has 0 saturated carbocycles. The highest BCUT2D eigenvalue weighted by atomic mass is 35.5. The molecule has 1 heterocycles. The third-order valence-corrected chi connectivity index (χ3v) is 3.46.